The van der Waals surface area contributed by atoms with E-state index in [9.17, 15) is 14.7 Å². The van der Waals surface area contributed by atoms with E-state index < -0.39 is 0 Å². The van der Waals surface area contributed by atoms with Crippen LogP contribution in [0, 0.1) is 0 Å². The number of imidazole rings is 2. The summed E-state index contributed by atoms with van der Waals surface area (Å²) in [5, 5.41) is 10.7. The van der Waals surface area contributed by atoms with Crippen molar-refractivity contribution in [2.24, 2.45) is 0 Å². The molecule has 204 valence electrons. The number of aromatic hydroxyl groups is 1. The Balaban J connectivity index is 1.33. The third-order valence-electron chi connectivity index (χ3n) is 7.04. The van der Waals surface area contributed by atoms with Crippen LogP contribution in [-0.2, 0) is 19.3 Å². The highest BCUT2D eigenvalue weighted by atomic mass is 16.5. The first-order valence-electron chi connectivity index (χ1n) is 13.2. The molecule has 0 atom stereocenters. The molecule has 0 saturated carbocycles. The zero-order valence-electron chi connectivity index (χ0n) is 22.5. The van der Waals surface area contributed by atoms with Crippen LogP contribution in [0.5, 0.6) is 11.5 Å². The Kier molecular flexibility index (Phi) is 6.72. The van der Waals surface area contributed by atoms with E-state index in [-0.39, 0.29) is 17.3 Å². The van der Waals surface area contributed by atoms with Gasteiger partial charge in [0.25, 0.3) is 0 Å². The normalized spacial score (nSPS) is 11.3. The van der Waals surface area contributed by atoms with Crippen molar-refractivity contribution in [1.29, 1.82) is 0 Å². The zero-order chi connectivity index (χ0) is 28.5. The van der Waals surface area contributed by atoms with Gasteiger partial charge >= 0.3 is 0 Å². The second kappa shape index (κ2) is 10.6. The maximum absolute atomic E-state index is 13.7. The number of fused-ring (bicyclic) bond motifs is 2. The number of nitrogens with zero attached hydrogens (tertiary/aromatic N) is 6. The molecule has 10 heteroatoms. The Morgan fingerprint density at radius 1 is 0.805 bits per heavy atom. The summed E-state index contributed by atoms with van der Waals surface area (Å²) in [7, 11) is 1.57. The maximum Gasteiger partial charge on any atom is 0.234 e. The van der Waals surface area contributed by atoms with Crippen molar-refractivity contribution in [1.82, 2.24) is 28.7 Å². The van der Waals surface area contributed by atoms with Gasteiger partial charge in [-0.3, -0.25) is 18.4 Å². The lowest BCUT2D eigenvalue weighted by molar-refractivity contribution is 0.102. The molecule has 0 aliphatic carbocycles. The highest BCUT2D eigenvalue weighted by Crippen LogP contribution is 2.26. The van der Waals surface area contributed by atoms with E-state index >= 15 is 0 Å². The van der Waals surface area contributed by atoms with Crippen LogP contribution in [0.3, 0.4) is 0 Å². The summed E-state index contributed by atoms with van der Waals surface area (Å²) in [5.74, 6) is 1.15. The van der Waals surface area contributed by atoms with Crippen molar-refractivity contribution < 1.29 is 19.4 Å². The lowest BCUT2D eigenvalue weighted by Crippen LogP contribution is -2.10. The molecule has 0 unspecified atom stereocenters. The third-order valence-corrected chi connectivity index (χ3v) is 7.04. The van der Waals surface area contributed by atoms with Gasteiger partial charge in [-0.05, 0) is 79.4 Å². The van der Waals surface area contributed by atoms with Gasteiger partial charge in [-0.15, -0.1) is 0 Å². The Morgan fingerprint density at radius 3 is 2.02 bits per heavy atom. The molecular weight excluding hydrogens is 520 g/mol. The van der Waals surface area contributed by atoms with Crippen LogP contribution in [0.25, 0.3) is 11.6 Å². The number of methoxy groups -OCH3 is 1. The first-order valence-corrected chi connectivity index (χ1v) is 13.2. The molecule has 2 aromatic carbocycles. The zero-order valence-corrected chi connectivity index (χ0v) is 22.5. The molecule has 4 aromatic heterocycles. The number of rotatable bonds is 9. The van der Waals surface area contributed by atoms with Gasteiger partial charge in [0.15, 0.2) is 0 Å². The molecule has 0 fully saturated rings. The standard InChI is InChI=1S/C31H26N6O4/c1-3-23-26(36-16-4-14-32-30(36)34-23)29(40)21-9-13-25(38)20(18-21)8-12-24-27(37-17-5-15-33-31(37)35-24)28(39)19-6-10-22(41-2)11-7-19/h4-7,9-11,13-18,38H,3,8,12H2,1-2H3. The predicted octanol–water partition coefficient (Wildman–Crippen LogP) is 4.30. The molecule has 0 spiro atoms. The fourth-order valence-corrected chi connectivity index (χ4v) is 4.96. The summed E-state index contributed by atoms with van der Waals surface area (Å²) in [6.07, 6.45) is 8.03. The van der Waals surface area contributed by atoms with Crippen LogP contribution in [0.2, 0.25) is 0 Å². The number of benzene rings is 2. The van der Waals surface area contributed by atoms with Crippen LogP contribution in [0.15, 0.2) is 79.4 Å². The van der Waals surface area contributed by atoms with Gasteiger partial charge in [0, 0.05) is 35.9 Å². The van der Waals surface area contributed by atoms with Gasteiger partial charge in [-0.1, -0.05) is 6.92 Å². The van der Waals surface area contributed by atoms with Crippen molar-refractivity contribution in [3.8, 4) is 11.5 Å². The largest absolute Gasteiger partial charge is 0.508 e. The van der Waals surface area contributed by atoms with E-state index in [1.807, 2.05) is 6.92 Å². The fourth-order valence-electron chi connectivity index (χ4n) is 4.96. The van der Waals surface area contributed by atoms with Crippen molar-refractivity contribution in [2.45, 2.75) is 26.2 Å². The lowest BCUT2D eigenvalue weighted by atomic mass is 9.98. The fraction of sp³-hybridized carbons (Fsp3) is 0.161. The highest BCUT2D eigenvalue weighted by molar-refractivity contribution is 6.10. The van der Waals surface area contributed by atoms with Crippen molar-refractivity contribution in [3.05, 3.63) is 119 Å². The molecule has 6 aromatic rings. The first kappa shape index (κ1) is 25.9. The molecular formula is C31H26N6O4. The van der Waals surface area contributed by atoms with Crippen LogP contribution in [0.1, 0.15) is 56.0 Å². The Morgan fingerprint density at radius 2 is 1.39 bits per heavy atom. The van der Waals surface area contributed by atoms with Gasteiger partial charge in [-0.2, -0.15) is 0 Å². The molecule has 0 aliphatic rings. The number of phenolic OH excluding ortho intramolecular Hbond substituents is 1. The van der Waals surface area contributed by atoms with Gasteiger partial charge in [0.2, 0.25) is 23.1 Å². The van der Waals surface area contributed by atoms with Crippen molar-refractivity contribution in [2.75, 3.05) is 7.11 Å². The Bertz CT molecular complexity index is 1920. The van der Waals surface area contributed by atoms with E-state index in [1.54, 1.807) is 89.2 Å². The van der Waals surface area contributed by atoms with E-state index in [1.165, 1.54) is 6.07 Å². The minimum absolute atomic E-state index is 0.0574. The smallest absolute Gasteiger partial charge is 0.234 e. The second-order valence-electron chi connectivity index (χ2n) is 9.48. The molecule has 0 amide bonds. The van der Waals surface area contributed by atoms with E-state index in [0.29, 0.717) is 76.0 Å². The quantitative estimate of drug-likeness (QED) is 0.266. The number of ketones is 2. The number of aromatic nitrogens is 6. The Labute approximate surface area is 235 Å². The average Bonchev–Trinajstić information content (AvgIpc) is 3.58. The predicted molar refractivity (Wildman–Crippen MR) is 151 cm³/mol. The van der Waals surface area contributed by atoms with Gasteiger partial charge in [0.05, 0.1) is 18.5 Å². The molecule has 41 heavy (non-hydrogen) atoms. The third kappa shape index (κ3) is 4.69. The molecule has 4 heterocycles. The number of carbonyl (C=O) groups excluding carboxylic acids is 2. The van der Waals surface area contributed by atoms with Crippen LogP contribution in [-0.4, -0.2) is 52.5 Å². The summed E-state index contributed by atoms with van der Waals surface area (Å²) in [5.41, 5.74) is 3.52. The molecule has 0 saturated heterocycles. The summed E-state index contributed by atoms with van der Waals surface area (Å²) >= 11 is 0. The average molecular weight is 547 g/mol. The van der Waals surface area contributed by atoms with Gasteiger partial charge in [-0.25, -0.2) is 19.9 Å². The van der Waals surface area contributed by atoms with Crippen molar-refractivity contribution >= 4 is 23.1 Å². The molecule has 10 nitrogen and oxygen atoms in total. The van der Waals surface area contributed by atoms with Crippen molar-refractivity contribution in [3.63, 3.8) is 0 Å². The lowest BCUT2D eigenvalue weighted by Gasteiger charge is -2.09. The summed E-state index contributed by atoms with van der Waals surface area (Å²) < 4.78 is 8.58. The molecule has 0 bridgehead atoms. The summed E-state index contributed by atoms with van der Waals surface area (Å²) in [6.45, 7) is 1.94. The number of carbonyl (C=O) groups is 2. The SMILES string of the molecule is CCc1nc2ncccn2c1C(=O)c1ccc(O)c(CCc2nc3ncccn3c2C(=O)c2ccc(OC)cc2)c1. The number of ether oxygens (including phenoxy) is 1. The summed E-state index contributed by atoms with van der Waals surface area (Å²) in [4.78, 5) is 45.0. The minimum Gasteiger partial charge on any atom is -0.508 e. The van der Waals surface area contributed by atoms with E-state index in [0.717, 1.165) is 0 Å². The second-order valence-corrected chi connectivity index (χ2v) is 9.48. The van der Waals surface area contributed by atoms with Crippen LogP contribution < -0.4 is 4.74 Å². The van der Waals surface area contributed by atoms with Crippen LogP contribution >= 0.6 is 0 Å². The molecule has 6 rings (SSSR count). The minimum atomic E-state index is -0.212. The van der Waals surface area contributed by atoms with Crippen LogP contribution in [0.4, 0.5) is 0 Å². The number of hydrogen-bond acceptors (Lipinski definition) is 8. The maximum atomic E-state index is 13.7. The highest BCUT2D eigenvalue weighted by Gasteiger charge is 2.23. The van der Waals surface area contributed by atoms with E-state index in [2.05, 4.69) is 19.9 Å². The van der Waals surface area contributed by atoms with Gasteiger partial charge < -0.3 is 9.84 Å². The Hall–Kier alpha value is -5.38. The topological polar surface area (TPSA) is 124 Å². The summed E-state index contributed by atoms with van der Waals surface area (Å²) in [6, 6.07) is 15.2. The number of phenols is 1. The number of hydrogen-bond donors (Lipinski definition) is 1. The molecule has 0 radical (unpaired) electrons. The number of aryl methyl sites for hydroxylation is 3. The molecule has 0 aliphatic heterocycles. The first-order chi connectivity index (χ1) is 20.0. The van der Waals surface area contributed by atoms with Gasteiger partial charge in [0.1, 0.15) is 22.9 Å². The monoisotopic (exact) mass is 546 g/mol. The molecule has 1 N–H and O–H groups in total. The van der Waals surface area contributed by atoms with E-state index in [4.69, 9.17) is 4.74 Å².